The van der Waals surface area contributed by atoms with Gasteiger partial charge in [-0.2, -0.15) is 4.31 Å². The van der Waals surface area contributed by atoms with Crippen LogP contribution in [0.15, 0.2) is 0 Å². The van der Waals surface area contributed by atoms with Gasteiger partial charge in [-0.3, -0.25) is 4.90 Å². The van der Waals surface area contributed by atoms with Crippen molar-refractivity contribution in [1.29, 1.82) is 0 Å². The van der Waals surface area contributed by atoms with Crippen LogP contribution in [0.3, 0.4) is 0 Å². The highest BCUT2D eigenvalue weighted by atomic mass is 32.2. The van der Waals surface area contributed by atoms with E-state index in [1.54, 1.807) is 4.31 Å². The molecule has 0 bridgehead atoms. The van der Waals surface area contributed by atoms with Crippen molar-refractivity contribution in [3.63, 3.8) is 0 Å². The molecule has 0 radical (unpaired) electrons. The lowest BCUT2D eigenvalue weighted by molar-refractivity contribution is 0.158. The Hall–Kier alpha value is -0.130. The van der Waals surface area contributed by atoms with Crippen molar-refractivity contribution in [2.45, 2.75) is 39.2 Å². The maximum absolute atomic E-state index is 12.2. The molecule has 0 N–H and O–H groups in total. The van der Waals surface area contributed by atoms with Crippen LogP contribution in [0, 0.1) is 5.92 Å². The molecular weight excluding hydrogens is 236 g/mol. The van der Waals surface area contributed by atoms with Crippen molar-refractivity contribution in [3.05, 3.63) is 0 Å². The molecule has 100 valence electrons. The highest BCUT2D eigenvalue weighted by Gasteiger charge is 2.35. The highest BCUT2D eigenvalue weighted by molar-refractivity contribution is 7.89. The fourth-order valence-electron chi connectivity index (χ4n) is 2.73. The Balaban J connectivity index is 1.93. The predicted molar refractivity (Wildman–Crippen MR) is 69.4 cm³/mol. The van der Waals surface area contributed by atoms with Crippen molar-refractivity contribution >= 4 is 10.0 Å². The molecule has 17 heavy (non-hydrogen) atoms. The molecule has 0 aliphatic carbocycles. The van der Waals surface area contributed by atoms with Crippen LogP contribution in [0.5, 0.6) is 0 Å². The van der Waals surface area contributed by atoms with Crippen molar-refractivity contribution in [3.8, 4) is 0 Å². The zero-order chi connectivity index (χ0) is 12.5. The van der Waals surface area contributed by atoms with Crippen LogP contribution in [0.25, 0.3) is 0 Å². The van der Waals surface area contributed by atoms with Crippen LogP contribution < -0.4 is 0 Å². The zero-order valence-electron chi connectivity index (χ0n) is 10.9. The van der Waals surface area contributed by atoms with Gasteiger partial charge in [0.1, 0.15) is 0 Å². The van der Waals surface area contributed by atoms with Gasteiger partial charge in [0.15, 0.2) is 0 Å². The van der Waals surface area contributed by atoms with E-state index in [2.05, 4.69) is 18.7 Å². The van der Waals surface area contributed by atoms with Crippen molar-refractivity contribution in [1.82, 2.24) is 9.21 Å². The molecule has 2 fully saturated rings. The standard InChI is InChI=1S/C12H24N2O2S/c1-11(2)5-9-17(15,16)14-8-7-13-6-3-4-12(13)10-14/h11-12H,3-10H2,1-2H3/t12-/m1/s1. The first-order valence-corrected chi connectivity index (χ1v) is 8.32. The van der Waals surface area contributed by atoms with Crippen LogP contribution >= 0.6 is 0 Å². The second-order valence-electron chi connectivity index (χ2n) is 5.69. The molecule has 0 aromatic carbocycles. The molecule has 5 heteroatoms. The Labute approximate surface area is 105 Å². The van der Waals surface area contributed by atoms with Gasteiger partial charge in [-0.25, -0.2) is 8.42 Å². The largest absolute Gasteiger partial charge is 0.298 e. The van der Waals surface area contributed by atoms with Gasteiger partial charge in [-0.1, -0.05) is 13.8 Å². The zero-order valence-corrected chi connectivity index (χ0v) is 11.7. The molecule has 0 unspecified atom stereocenters. The second kappa shape index (κ2) is 5.24. The van der Waals surface area contributed by atoms with E-state index in [4.69, 9.17) is 0 Å². The fourth-order valence-corrected chi connectivity index (χ4v) is 4.52. The summed E-state index contributed by atoms with van der Waals surface area (Å²) < 4.78 is 26.1. The molecule has 0 saturated carbocycles. The maximum atomic E-state index is 12.2. The average Bonchev–Trinajstić information content (AvgIpc) is 2.73. The Kier molecular flexibility index (Phi) is 4.10. The first-order chi connectivity index (χ1) is 7.99. The molecule has 2 aliphatic heterocycles. The summed E-state index contributed by atoms with van der Waals surface area (Å²) in [5.41, 5.74) is 0. The molecule has 0 aromatic rings. The quantitative estimate of drug-likeness (QED) is 0.761. The van der Waals surface area contributed by atoms with Crippen molar-refractivity contribution in [2.24, 2.45) is 5.92 Å². The molecule has 2 saturated heterocycles. The number of rotatable bonds is 4. The van der Waals surface area contributed by atoms with Crippen molar-refractivity contribution < 1.29 is 8.42 Å². The molecule has 2 aliphatic rings. The van der Waals surface area contributed by atoms with Crippen LogP contribution in [0.1, 0.15) is 33.1 Å². The summed E-state index contributed by atoms with van der Waals surface area (Å²) in [5.74, 6) is 0.773. The summed E-state index contributed by atoms with van der Waals surface area (Å²) in [7, 11) is -3.01. The van der Waals surface area contributed by atoms with Crippen molar-refractivity contribution in [2.75, 3.05) is 31.9 Å². The molecule has 1 atom stereocenters. The summed E-state index contributed by atoms with van der Waals surface area (Å²) in [6.07, 6.45) is 3.16. The van der Waals surface area contributed by atoms with Gasteiger partial charge < -0.3 is 0 Å². The van der Waals surface area contributed by atoms with Crippen LogP contribution in [-0.4, -0.2) is 55.6 Å². The Bertz CT molecular complexity index is 354. The van der Waals surface area contributed by atoms with Gasteiger partial charge in [-0.15, -0.1) is 0 Å². The van der Waals surface area contributed by atoms with Gasteiger partial charge in [0, 0.05) is 25.7 Å². The third kappa shape index (κ3) is 3.20. The number of sulfonamides is 1. The summed E-state index contributed by atoms with van der Waals surface area (Å²) in [6, 6.07) is 0.484. The van der Waals surface area contributed by atoms with E-state index >= 15 is 0 Å². The molecule has 0 aromatic heterocycles. The number of hydrogen-bond donors (Lipinski definition) is 0. The highest BCUT2D eigenvalue weighted by Crippen LogP contribution is 2.23. The number of hydrogen-bond acceptors (Lipinski definition) is 3. The summed E-state index contributed by atoms with van der Waals surface area (Å²) in [6.45, 7) is 7.64. The minimum Gasteiger partial charge on any atom is -0.298 e. The molecule has 2 heterocycles. The first kappa shape index (κ1) is 13.3. The van der Waals surface area contributed by atoms with Crippen LogP contribution in [-0.2, 0) is 10.0 Å². The van der Waals surface area contributed by atoms with E-state index in [9.17, 15) is 8.42 Å². The van der Waals surface area contributed by atoms with E-state index in [-0.39, 0.29) is 0 Å². The molecule has 4 nitrogen and oxygen atoms in total. The third-order valence-corrected chi connectivity index (χ3v) is 5.77. The van der Waals surface area contributed by atoms with E-state index in [1.165, 1.54) is 6.42 Å². The molecule has 0 amide bonds. The minimum absolute atomic E-state index is 0.317. The molecule has 0 spiro atoms. The summed E-state index contributed by atoms with van der Waals surface area (Å²) in [4.78, 5) is 2.44. The first-order valence-electron chi connectivity index (χ1n) is 6.71. The number of piperazine rings is 1. The SMILES string of the molecule is CC(C)CCS(=O)(=O)N1CCN2CCC[C@@H]2C1. The van der Waals surface area contributed by atoms with E-state index < -0.39 is 10.0 Å². The summed E-state index contributed by atoms with van der Waals surface area (Å²) >= 11 is 0. The Morgan fingerprint density at radius 3 is 2.71 bits per heavy atom. The lowest BCUT2D eigenvalue weighted by Gasteiger charge is -2.36. The van der Waals surface area contributed by atoms with Gasteiger partial charge in [-0.05, 0) is 31.7 Å². The lowest BCUT2D eigenvalue weighted by atomic mass is 10.2. The minimum atomic E-state index is -3.01. The van der Waals surface area contributed by atoms with Crippen LogP contribution in [0.2, 0.25) is 0 Å². The van der Waals surface area contributed by atoms with E-state index in [0.29, 0.717) is 24.3 Å². The van der Waals surface area contributed by atoms with Gasteiger partial charge in [0.2, 0.25) is 10.0 Å². The Morgan fingerprint density at radius 2 is 2.00 bits per heavy atom. The Morgan fingerprint density at radius 1 is 1.24 bits per heavy atom. The monoisotopic (exact) mass is 260 g/mol. The maximum Gasteiger partial charge on any atom is 0.214 e. The fraction of sp³-hybridized carbons (Fsp3) is 1.00. The lowest BCUT2D eigenvalue weighted by Crippen LogP contribution is -2.52. The van der Waals surface area contributed by atoms with Gasteiger partial charge in [0.05, 0.1) is 5.75 Å². The molecular formula is C12H24N2O2S. The average molecular weight is 260 g/mol. The second-order valence-corrected chi connectivity index (χ2v) is 7.78. The van der Waals surface area contributed by atoms with Crippen LogP contribution in [0.4, 0.5) is 0 Å². The van der Waals surface area contributed by atoms with Gasteiger partial charge >= 0.3 is 0 Å². The number of nitrogens with zero attached hydrogens (tertiary/aromatic N) is 2. The normalized spacial score (nSPS) is 27.6. The topological polar surface area (TPSA) is 40.6 Å². The van der Waals surface area contributed by atoms with E-state index in [1.807, 2.05) is 0 Å². The van der Waals surface area contributed by atoms with Gasteiger partial charge in [0.25, 0.3) is 0 Å². The smallest absolute Gasteiger partial charge is 0.214 e. The van der Waals surface area contributed by atoms with E-state index in [0.717, 1.165) is 32.5 Å². The summed E-state index contributed by atoms with van der Waals surface area (Å²) in [5, 5.41) is 0. The third-order valence-electron chi connectivity index (χ3n) is 3.90. The number of fused-ring (bicyclic) bond motifs is 1. The molecule has 2 rings (SSSR count). The predicted octanol–water partition coefficient (Wildman–Crippen LogP) is 1.14.